The molecule has 31 heavy (non-hydrogen) atoms. The SMILES string of the molecule is CCOC(=O)C(=CNc1ccccc1Cn1nccn1)C(=O)c1cc(F)c(F)cc1F. The molecule has 0 saturated heterocycles. The van der Waals surface area contributed by atoms with Crippen molar-refractivity contribution in [2.24, 2.45) is 0 Å². The molecule has 0 unspecified atom stereocenters. The number of anilines is 1. The zero-order valence-electron chi connectivity index (χ0n) is 16.3. The lowest BCUT2D eigenvalue weighted by atomic mass is 10.0. The van der Waals surface area contributed by atoms with Gasteiger partial charge in [-0.05, 0) is 24.6 Å². The summed E-state index contributed by atoms with van der Waals surface area (Å²) in [6.45, 7) is 1.77. The predicted molar refractivity (Wildman–Crippen MR) is 105 cm³/mol. The Kier molecular flexibility index (Phi) is 6.81. The molecule has 0 bridgehead atoms. The topological polar surface area (TPSA) is 86.1 Å². The van der Waals surface area contributed by atoms with Crippen molar-refractivity contribution in [2.75, 3.05) is 11.9 Å². The van der Waals surface area contributed by atoms with E-state index in [0.29, 0.717) is 18.3 Å². The third kappa shape index (κ3) is 5.16. The van der Waals surface area contributed by atoms with E-state index in [2.05, 4.69) is 15.5 Å². The molecule has 0 spiro atoms. The maximum absolute atomic E-state index is 14.1. The number of para-hydroxylation sites is 1. The van der Waals surface area contributed by atoms with Crippen LogP contribution in [0.4, 0.5) is 18.9 Å². The zero-order chi connectivity index (χ0) is 22.4. The number of Topliss-reactive ketones (excluding diaryl/α,β-unsaturated/α-hetero) is 1. The number of ketones is 1. The Morgan fingerprint density at radius 1 is 1.06 bits per heavy atom. The van der Waals surface area contributed by atoms with Crippen LogP contribution >= 0.6 is 0 Å². The van der Waals surface area contributed by atoms with E-state index in [1.54, 1.807) is 24.3 Å². The standard InChI is InChI=1S/C21H17F3N4O3/c1-2-31-21(30)15(20(29)14-9-17(23)18(24)10-16(14)22)11-25-19-6-4-3-5-13(19)12-28-26-7-8-27-28/h3-11,25H,2,12H2,1H3. The molecule has 0 saturated carbocycles. The molecule has 7 nitrogen and oxygen atoms in total. The molecule has 0 fully saturated rings. The molecule has 0 atom stereocenters. The summed E-state index contributed by atoms with van der Waals surface area (Å²) in [4.78, 5) is 26.5. The number of esters is 1. The largest absolute Gasteiger partial charge is 0.462 e. The van der Waals surface area contributed by atoms with Crippen LogP contribution in [0.1, 0.15) is 22.8 Å². The fourth-order valence-corrected chi connectivity index (χ4v) is 2.69. The van der Waals surface area contributed by atoms with Gasteiger partial charge in [0.05, 0.1) is 31.1 Å². The highest BCUT2D eigenvalue weighted by atomic mass is 19.2. The Balaban J connectivity index is 1.94. The van der Waals surface area contributed by atoms with E-state index in [1.807, 2.05) is 0 Å². The van der Waals surface area contributed by atoms with Crippen molar-refractivity contribution < 1.29 is 27.5 Å². The molecular formula is C21H17F3N4O3. The van der Waals surface area contributed by atoms with Crippen LogP contribution in [-0.2, 0) is 16.1 Å². The molecule has 2 aromatic carbocycles. The number of aromatic nitrogens is 3. The van der Waals surface area contributed by atoms with Gasteiger partial charge in [0.1, 0.15) is 11.4 Å². The average Bonchev–Trinajstić information content (AvgIpc) is 3.25. The van der Waals surface area contributed by atoms with Crippen molar-refractivity contribution in [3.8, 4) is 0 Å². The lowest BCUT2D eigenvalue weighted by Crippen LogP contribution is -2.19. The van der Waals surface area contributed by atoms with Gasteiger partial charge in [0, 0.05) is 18.0 Å². The lowest BCUT2D eigenvalue weighted by Gasteiger charge is -2.11. The fraction of sp³-hybridized carbons (Fsp3) is 0.143. The number of hydrogen-bond acceptors (Lipinski definition) is 6. The van der Waals surface area contributed by atoms with Crippen molar-refractivity contribution >= 4 is 17.4 Å². The number of ether oxygens (including phenoxy) is 1. The highest BCUT2D eigenvalue weighted by molar-refractivity contribution is 6.24. The maximum atomic E-state index is 14.1. The number of rotatable bonds is 8. The van der Waals surface area contributed by atoms with Crippen molar-refractivity contribution in [3.63, 3.8) is 0 Å². The number of benzene rings is 2. The molecule has 0 aliphatic carbocycles. The van der Waals surface area contributed by atoms with Gasteiger partial charge in [0.15, 0.2) is 11.6 Å². The molecule has 1 N–H and O–H groups in total. The number of carbonyl (C=O) groups is 2. The summed E-state index contributed by atoms with van der Waals surface area (Å²) in [6.07, 6.45) is 4.07. The number of halogens is 3. The predicted octanol–water partition coefficient (Wildman–Crippen LogP) is 3.49. The molecule has 160 valence electrons. The monoisotopic (exact) mass is 430 g/mol. The second-order valence-electron chi connectivity index (χ2n) is 6.21. The van der Waals surface area contributed by atoms with Gasteiger partial charge in [0.25, 0.3) is 0 Å². The van der Waals surface area contributed by atoms with E-state index in [4.69, 9.17) is 4.74 Å². The molecular weight excluding hydrogens is 413 g/mol. The highest BCUT2D eigenvalue weighted by Gasteiger charge is 2.25. The third-order valence-corrected chi connectivity index (χ3v) is 4.16. The molecule has 0 amide bonds. The zero-order valence-corrected chi connectivity index (χ0v) is 16.3. The van der Waals surface area contributed by atoms with Crippen molar-refractivity contribution in [1.82, 2.24) is 15.0 Å². The van der Waals surface area contributed by atoms with Gasteiger partial charge in [0.2, 0.25) is 5.78 Å². The molecule has 0 radical (unpaired) electrons. The van der Waals surface area contributed by atoms with Crippen molar-refractivity contribution in [1.29, 1.82) is 0 Å². The second kappa shape index (κ2) is 9.70. The van der Waals surface area contributed by atoms with Crippen LogP contribution in [0.5, 0.6) is 0 Å². The van der Waals surface area contributed by atoms with Gasteiger partial charge < -0.3 is 10.1 Å². The minimum Gasteiger partial charge on any atom is -0.462 e. The first-order valence-corrected chi connectivity index (χ1v) is 9.15. The minimum absolute atomic E-state index is 0.0503. The van der Waals surface area contributed by atoms with Crippen LogP contribution in [0.15, 0.2) is 60.6 Å². The smallest absolute Gasteiger partial charge is 0.343 e. The Morgan fingerprint density at radius 2 is 1.74 bits per heavy atom. The average molecular weight is 430 g/mol. The summed E-state index contributed by atoms with van der Waals surface area (Å²) in [7, 11) is 0. The van der Waals surface area contributed by atoms with Gasteiger partial charge in [-0.1, -0.05) is 18.2 Å². The third-order valence-electron chi connectivity index (χ3n) is 4.16. The minimum atomic E-state index is -1.45. The van der Waals surface area contributed by atoms with E-state index >= 15 is 0 Å². The fourth-order valence-electron chi connectivity index (χ4n) is 2.69. The Labute approximate surface area is 175 Å². The molecule has 0 aliphatic heterocycles. The lowest BCUT2D eigenvalue weighted by molar-refractivity contribution is -0.138. The van der Waals surface area contributed by atoms with Gasteiger partial charge in [-0.2, -0.15) is 15.0 Å². The Hall–Kier alpha value is -3.95. The molecule has 3 aromatic rings. The van der Waals surface area contributed by atoms with Gasteiger partial charge in [-0.3, -0.25) is 4.79 Å². The molecule has 0 aliphatic rings. The van der Waals surface area contributed by atoms with E-state index < -0.39 is 40.3 Å². The Morgan fingerprint density at radius 3 is 2.45 bits per heavy atom. The maximum Gasteiger partial charge on any atom is 0.343 e. The Bertz CT molecular complexity index is 1130. The van der Waals surface area contributed by atoms with Crippen LogP contribution in [0, 0.1) is 17.5 Å². The second-order valence-corrected chi connectivity index (χ2v) is 6.21. The van der Waals surface area contributed by atoms with E-state index in [1.165, 1.54) is 24.1 Å². The van der Waals surface area contributed by atoms with Crippen LogP contribution in [0.2, 0.25) is 0 Å². The molecule has 10 heteroatoms. The molecule has 1 heterocycles. The summed E-state index contributed by atoms with van der Waals surface area (Å²) < 4.78 is 45.7. The van der Waals surface area contributed by atoms with Crippen LogP contribution in [-0.4, -0.2) is 33.4 Å². The van der Waals surface area contributed by atoms with E-state index in [-0.39, 0.29) is 12.7 Å². The normalized spacial score (nSPS) is 11.3. The first kappa shape index (κ1) is 21.8. The summed E-state index contributed by atoms with van der Waals surface area (Å²) in [5, 5.41) is 10.9. The first-order chi connectivity index (χ1) is 14.9. The van der Waals surface area contributed by atoms with E-state index in [0.717, 1.165) is 11.8 Å². The quantitative estimate of drug-likeness (QED) is 0.147. The molecule has 3 rings (SSSR count). The summed E-state index contributed by atoms with van der Waals surface area (Å²) in [5.74, 6) is -6.37. The first-order valence-electron chi connectivity index (χ1n) is 9.15. The summed E-state index contributed by atoms with van der Waals surface area (Å²) >= 11 is 0. The number of nitrogens with one attached hydrogen (secondary N) is 1. The van der Waals surface area contributed by atoms with Crippen molar-refractivity contribution in [3.05, 3.63) is 89.1 Å². The van der Waals surface area contributed by atoms with Crippen LogP contribution in [0.3, 0.4) is 0 Å². The van der Waals surface area contributed by atoms with E-state index in [9.17, 15) is 22.8 Å². The highest BCUT2D eigenvalue weighted by Crippen LogP contribution is 2.20. The van der Waals surface area contributed by atoms with Crippen molar-refractivity contribution in [2.45, 2.75) is 13.5 Å². The summed E-state index contributed by atoms with van der Waals surface area (Å²) in [5.41, 5.74) is -0.141. The number of nitrogens with zero attached hydrogens (tertiary/aromatic N) is 3. The number of hydrogen-bond donors (Lipinski definition) is 1. The van der Waals surface area contributed by atoms with Gasteiger partial charge in [-0.25, -0.2) is 18.0 Å². The number of carbonyl (C=O) groups excluding carboxylic acids is 2. The van der Waals surface area contributed by atoms with Crippen LogP contribution in [0.25, 0.3) is 0 Å². The summed E-state index contributed by atoms with van der Waals surface area (Å²) in [6, 6.07) is 7.60. The van der Waals surface area contributed by atoms with Gasteiger partial charge in [-0.15, -0.1) is 0 Å². The van der Waals surface area contributed by atoms with Gasteiger partial charge >= 0.3 is 5.97 Å². The van der Waals surface area contributed by atoms with Crippen LogP contribution < -0.4 is 5.32 Å². The molecule has 1 aromatic heterocycles.